The second kappa shape index (κ2) is 7.40. The minimum absolute atomic E-state index is 0.0457. The molecule has 1 saturated heterocycles. The van der Waals surface area contributed by atoms with Crippen LogP contribution in [0.15, 0.2) is 22.9 Å². The maximum Gasteiger partial charge on any atom is 0.249 e. The van der Waals surface area contributed by atoms with Gasteiger partial charge in [0.1, 0.15) is 0 Å². The summed E-state index contributed by atoms with van der Waals surface area (Å²) < 4.78 is 11.2. The van der Waals surface area contributed by atoms with Crippen molar-refractivity contribution in [2.45, 2.75) is 39.0 Å². The number of hydrogen-bond donors (Lipinski definition) is 0. The molecule has 130 valence electrons. The summed E-state index contributed by atoms with van der Waals surface area (Å²) >= 11 is 0. The average Bonchev–Trinajstić information content (AvgIpc) is 3.04. The molecule has 0 atom stereocenters. The molecule has 3 heterocycles. The van der Waals surface area contributed by atoms with Gasteiger partial charge in [-0.15, -0.1) is 10.2 Å². The highest BCUT2D eigenvalue weighted by molar-refractivity contribution is 5.52. The van der Waals surface area contributed by atoms with Crippen LogP contribution < -0.4 is 0 Å². The van der Waals surface area contributed by atoms with Crippen LogP contribution in [0, 0.1) is 0 Å². The standard InChI is InChI=1S/C18H26N4O2/c1-18(2,3)15-11-14(12-19-13-15)17-21-20-16(24-17)5-4-6-22-7-9-23-10-8-22/h11-13H,4-10H2,1-3H3. The second-order valence-corrected chi connectivity index (χ2v) is 7.27. The van der Waals surface area contributed by atoms with Gasteiger partial charge in [-0.2, -0.15) is 0 Å². The van der Waals surface area contributed by atoms with Gasteiger partial charge in [-0.05, 0) is 30.0 Å². The van der Waals surface area contributed by atoms with Crippen molar-refractivity contribution in [2.75, 3.05) is 32.8 Å². The predicted octanol–water partition coefficient (Wildman–Crippen LogP) is 2.69. The summed E-state index contributed by atoms with van der Waals surface area (Å²) in [5.41, 5.74) is 2.09. The fourth-order valence-electron chi connectivity index (χ4n) is 2.72. The fourth-order valence-corrected chi connectivity index (χ4v) is 2.72. The van der Waals surface area contributed by atoms with Crippen molar-refractivity contribution in [3.05, 3.63) is 29.9 Å². The smallest absolute Gasteiger partial charge is 0.249 e. The molecule has 0 spiro atoms. The summed E-state index contributed by atoms with van der Waals surface area (Å²) in [6.45, 7) is 11.2. The number of pyridine rings is 1. The first kappa shape index (κ1) is 17.0. The van der Waals surface area contributed by atoms with Crippen molar-refractivity contribution in [1.82, 2.24) is 20.1 Å². The summed E-state index contributed by atoms with van der Waals surface area (Å²) in [5, 5.41) is 8.36. The van der Waals surface area contributed by atoms with Gasteiger partial charge in [0.15, 0.2) is 0 Å². The Hall–Kier alpha value is -1.79. The molecule has 0 amide bonds. The van der Waals surface area contributed by atoms with Gasteiger partial charge in [-0.3, -0.25) is 9.88 Å². The zero-order chi connectivity index (χ0) is 17.0. The third kappa shape index (κ3) is 4.39. The van der Waals surface area contributed by atoms with Gasteiger partial charge in [-0.25, -0.2) is 0 Å². The first-order chi connectivity index (χ1) is 11.5. The Kier molecular flexibility index (Phi) is 5.26. The maximum atomic E-state index is 5.82. The summed E-state index contributed by atoms with van der Waals surface area (Å²) in [4.78, 5) is 6.73. The number of morpholine rings is 1. The number of aryl methyl sites for hydroxylation is 1. The molecule has 0 N–H and O–H groups in total. The van der Waals surface area contributed by atoms with E-state index in [9.17, 15) is 0 Å². The van der Waals surface area contributed by atoms with E-state index < -0.39 is 0 Å². The normalized spacial score (nSPS) is 16.5. The van der Waals surface area contributed by atoms with E-state index in [1.165, 1.54) is 0 Å². The lowest BCUT2D eigenvalue weighted by Crippen LogP contribution is -2.36. The molecule has 24 heavy (non-hydrogen) atoms. The molecule has 0 bridgehead atoms. The van der Waals surface area contributed by atoms with Crippen LogP contribution >= 0.6 is 0 Å². The predicted molar refractivity (Wildman–Crippen MR) is 91.8 cm³/mol. The van der Waals surface area contributed by atoms with E-state index in [0.717, 1.165) is 56.8 Å². The van der Waals surface area contributed by atoms with Crippen LogP contribution in [-0.4, -0.2) is 52.9 Å². The van der Waals surface area contributed by atoms with E-state index in [1.807, 2.05) is 6.20 Å². The molecule has 2 aromatic heterocycles. The van der Waals surface area contributed by atoms with Crippen molar-refractivity contribution < 1.29 is 9.15 Å². The molecule has 0 radical (unpaired) electrons. The van der Waals surface area contributed by atoms with Crippen molar-refractivity contribution >= 4 is 0 Å². The lowest BCUT2D eigenvalue weighted by atomic mass is 9.88. The third-order valence-electron chi connectivity index (χ3n) is 4.29. The summed E-state index contributed by atoms with van der Waals surface area (Å²) in [7, 11) is 0. The number of rotatable bonds is 5. The number of hydrogen-bond acceptors (Lipinski definition) is 6. The van der Waals surface area contributed by atoms with Crippen LogP contribution in [0.4, 0.5) is 0 Å². The first-order valence-electron chi connectivity index (χ1n) is 8.61. The molecule has 0 unspecified atom stereocenters. The number of aromatic nitrogens is 3. The van der Waals surface area contributed by atoms with Crippen LogP contribution in [0.1, 0.15) is 38.6 Å². The van der Waals surface area contributed by atoms with Gasteiger partial charge in [0, 0.05) is 31.9 Å². The topological polar surface area (TPSA) is 64.3 Å². The summed E-state index contributed by atoms with van der Waals surface area (Å²) in [6.07, 6.45) is 5.49. The van der Waals surface area contributed by atoms with Crippen molar-refractivity contribution in [3.8, 4) is 11.5 Å². The molecular formula is C18H26N4O2. The highest BCUT2D eigenvalue weighted by atomic mass is 16.5. The van der Waals surface area contributed by atoms with Gasteiger partial charge < -0.3 is 9.15 Å². The van der Waals surface area contributed by atoms with Gasteiger partial charge in [-0.1, -0.05) is 20.8 Å². The van der Waals surface area contributed by atoms with Gasteiger partial charge in [0.05, 0.1) is 18.8 Å². The molecule has 0 aromatic carbocycles. The highest BCUT2D eigenvalue weighted by Crippen LogP contribution is 2.26. The third-order valence-corrected chi connectivity index (χ3v) is 4.29. The van der Waals surface area contributed by atoms with E-state index >= 15 is 0 Å². The van der Waals surface area contributed by atoms with Crippen LogP contribution in [0.3, 0.4) is 0 Å². The summed E-state index contributed by atoms with van der Waals surface area (Å²) in [5.74, 6) is 1.24. The maximum absolute atomic E-state index is 5.82. The van der Waals surface area contributed by atoms with Crippen LogP contribution in [0.2, 0.25) is 0 Å². The van der Waals surface area contributed by atoms with Gasteiger partial charge >= 0.3 is 0 Å². The Balaban J connectivity index is 1.59. The van der Waals surface area contributed by atoms with Crippen molar-refractivity contribution in [3.63, 3.8) is 0 Å². The van der Waals surface area contributed by atoms with E-state index in [2.05, 4.69) is 46.9 Å². The van der Waals surface area contributed by atoms with Gasteiger partial charge in [0.2, 0.25) is 11.8 Å². The molecule has 2 aromatic rings. The highest BCUT2D eigenvalue weighted by Gasteiger charge is 2.17. The quantitative estimate of drug-likeness (QED) is 0.840. The van der Waals surface area contributed by atoms with Crippen molar-refractivity contribution in [2.24, 2.45) is 0 Å². The Bertz CT molecular complexity index is 657. The van der Waals surface area contributed by atoms with Crippen molar-refractivity contribution in [1.29, 1.82) is 0 Å². The monoisotopic (exact) mass is 330 g/mol. The molecule has 1 aliphatic rings. The molecule has 1 fully saturated rings. The molecule has 3 rings (SSSR count). The first-order valence-corrected chi connectivity index (χ1v) is 8.61. The lowest BCUT2D eigenvalue weighted by molar-refractivity contribution is 0.0373. The molecule has 0 aliphatic carbocycles. The molecular weight excluding hydrogens is 304 g/mol. The average molecular weight is 330 g/mol. The zero-order valence-corrected chi connectivity index (χ0v) is 14.8. The van der Waals surface area contributed by atoms with E-state index in [4.69, 9.17) is 9.15 Å². The van der Waals surface area contributed by atoms with Crippen LogP contribution in [-0.2, 0) is 16.6 Å². The minimum atomic E-state index is 0.0457. The van der Waals surface area contributed by atoms with E-state index in [1.54, 1.807) is 6.20 Å². The minimum Gasteiger partial charge on any atom is -0.421 e. The second-order valence-electron chi connectivity index (χ2n) is 7.27. The SMILES string of the molecule is CC(C)(C)c1cncc(-c2nnc(CCCN3CCOCC3)o2)c1. The number of nitrogens with zero attached hydrogens (tertiary/aromatic N) is 4. The molecule has 6 nitrogen and oxygen atoms in total. The zero-order valence-electron chi connectivity index (χ0n) is 14.8. The molecule has 6 heteroatoms. The van der Waals surface area contributed by atoms with E-state index in [0.29, 0.717) is 11.8 Å². The van der Waals surface area contributed by atoms with Crippen LogP contribution in [0.25, 0.3) is 11.5 Å². The Labute approximate surface area is 143 Å². The Morgan fingerprint density at radius 1 is 1.12 bits per heavy atom. The fraction of sp³-hybridized carbons (Fsp3) is 0.611. The van der Waals surface area contributed by atoms with E-state index in [-0.39, 0.29) is 5.41 Å². The van der Waals surface area contributed by atoms with Crippen LogP contribution in [0.5, 0.6) is 0 Å². The van der Waals surface area contributed by atoms with Gasteiger partial charge in [0.25, 0.3) is 0 Å². The Morgan fingerprint density at radius 2 is 1.92 bits per heavy atom. The lowest BCUT2D eigenvalue weighted by Gasteiger charge is -2.26. The number of ether oxygens (including phenoxy) is 1. The molecule has 0 saturated carbocycles. The molecule has 1 aliphatic heterocycles. The summed E-state index contributed by atoms with van der Waals surface area (Å²) in [6, 6.07) is 2.08. The largest absolute Gasteiger partial charge is 0.421 e. The Morgan fingerprint density at radius 3 is 2.67 bits per heavy atom.